The Labute approximate surface area is 219 Å². The summed E-state index contributed by atoms with van der Waals surface area (Å²) >= 11 is 12.1. The number of benzene rings is 3. The highest BCUT2D eigenvalue weighted by molar-refractivity contribution is 7.93. The molecule has 0 bridgehead atoms. The first-order chi connectivity index (χ1) is 17.1. The third-order valence-electron chi connectivity index (χ3n) is 5.55. The molecule has 1 unspecified atom stereocenters. The summed E-state index contributed by atoms with van der Waals surface area (Å²) in [5.74, 6) is -1.69. The average molecular weight is 553 g/mol. The van der Waals surface area contributed by atoms with E-state index in [4.69, 9.17) is 28.3 Å². The summed E-state index contributed by atoms with van der Waals surface area (Å²) in [5.41, 5.74) is 0.458. The minimum absolute atomic E-state index is 0.0826. The highest BCUT2D eigenvalue weighted by Crippen LogP contribution is 2.33. The van der Waals surface area contributed by atoms with Gasteiger partial charge in [-0.25, -0.2) is 13.2 Å². The molecular weight excluding hydrogens is 527 g/mol. The topological polar surface area (TPSA) is 124 Å². The number of rotatable bonds is 11. The lowest BCUT2D eigenvalue weighted by atomic mass is 10.0. The van der Waals surface area contributed by atoms with Gasteiger partial charge in [-0.15, -0.1) is 0 Å². The lowest BCUT2D eigenvalue weighted by Gasteiger charge is -2.30. The number of nitrogens with one attached hydrogen (secondary N) is 1. The number of carboxylic acid groups (broad SMARTS) is 1. The minimum Gasteiger partial charge on any atom is -0.480 e. The second-order valence-corrected chi connectivity index (χ2v) is 10.8. The summed E-state index contributed by atoms with van der Waals surface area (Å²) < 4.78 is 28.5. The number of unbranched alkanes of at least 4 members (excludes halogenated alkanes) is 1. The number of aliphatic carboxylic acids is 1. The van der Waals surface area contributed by atoms with Gasteiger partial charge in [-0.1, -0.05) is 61.2 Å². The molecular formula is C25H26Cl2N2O6S. The molecule has 1 atom stereocenters. The van der Waals surface area contributed by atoms with Crippen LogP contribution in [0.4, 0.5) is 5.69 Å². The van der Waals surface area contributed by atoms with Crippen LogP contribution in [0, 0.1) is 0 Å². The summed E-state index contributed by atoms with van der Waals surface area (Å²) in [7, 11) is -4.40. The lowest BCUT2D eigenvalue weighted by Crippen LogP contribution is -2.45. The zero-order valence-electron chi connectivity index (χ0n) is 19.4. The van der Waals surface area contributed by atoms with Crippen LogP contribution in [0.15, 0.2) is 59.5 Å². The quantitative estimate of drug-likeness (QED) is 0.316. The number of hydrogen-bond acceptors (Lipinski definition) is 5. The Hall–Kier alpha value is -2.85. The van der Waals surface area contributed by atoms with E-state index >= 15 is 0 Å². The number of anilines is 1. The summed E-state index contributed by atoms with van der Waals surface area (Å²) in [6.45, 7) is 1.75. The Morgan fingerprint density at radius 1 is 1.06 bits per heavy atom. The first-order valence-corrected chi connectivity index (χ1v) is 13.4. The predicted octanol–water partition coefficient (Wildman–Crippen LogP) is 4.71. The smallest absolute Gasteiger partial charge is 0.327 e. The predicted molar refractivity (Wildman–Crippen MR) is 140 cm³/mol. The van der Waals surface area contributed by atoms with Crippen molar-refractivity contribution < 1.29 is 28.2 Å². The highest BCUT2D eigenvalue weighted by atomic mass is 35.5. The zero-order chi connectivity index (χ0) is 26.5. The Morgan fingerprint density at radius 2 is 1.75 bits per heavy atom. The number of carboxylic acids is 1. The number of aliphatic hydroxyl groups excluding tert-OH is 1. The van der Waals surface area contributed by atoms with Crippen LogP contribution in [0.25, 0.3) is 10.8 Å². The Morgan fingerprint density at radius 3 is 2.36 bits per heavy atom. The summed E-state index contributed by atoms with van der Waals surface area (Å²) in [5, 5.41) is 22.9. The van der Waals surface area contributed by atoms with Gasteiger partial charge in [0, 0.05) is 22.2 Å². The number of nitrogens with zero attached hydrogens (tertiary/aromatic N) is 1. The standard InChI is InChI=1S/C25H26Cl2N2O6S/c1-2-3-7-23(25(32)33)29(36(34,35)20-14-17(26)13-18(27)15-20)19-8-9-21-16(12-19)5-4-6-22(21)24(31)28-10-11-30/h4-6,8-9,12-15,23,30H,2-3,7,10-11H2,1H3,(H,28,31)(H,32,33). The second-order valence-electron chi connectivity index (χ2n) is 8.09. The number of aliphatic hydroxyl groups is 1. The van der Waals surface area contributed by atoms with Crippen molar-refractivity contribution in [3.63, 3.8) is 0 Å². The van der Waals surface area contributed by atoms with Crippen molar-refractivity contribution in [1.82, 2.24) is 5.32 Å². The molecule has 1 amide bonds. The molecule has 3 N–H and O–H groups in total. The number of sulfonamides is 1. The lowest BCUT2D eigenvalue weighted by molar-refractivity contribution is -0.138. The van der Waals surface area contributed by atoms with E-state index in [2.05, 4.69) is 5.32 Å². The van der Waals surface area contributed by atoms with Gasteiger partial charge in [-0.3, -0.25) is 9.10 Å². The van der Waals surface area contributed by atoms with E-state index in [1.54, 1.807) is 24.3 Å². The number of halogens is 2. The summed E-state index contributed by atoms with van der Waals surface area (Å²) in [6, 6.07) is 12.0. The van der Waals surface area contributed by atoms with Gasteiger partial charge in [0.25, 0.3) is 15.9 Å². The van der Waals surface area contributed by atoms with Crippen LogP contribution in [-0.2, 0) is 14.8 Å². The number of carbonyl (C=O) groups excluding carboxylic acids is 1. The fraction of sp³-hybridized carbons (Fsp3) is 0.280. The van der Waals surface area contributed by atoms with E-state index in [9.17, 15) is 23.1 Å². The molecule has 3 aromatic rings. The molecule has 0 fully saturated rings. The van der Waals surface area contributed by atoms with Crippen LogP contribution < -0.4 is 9.62 Å². The van der Waals surface area contributed by atoms with Crippen LogP contribution in [0.5, 0.6) is 0 Å². The van der Waals surface area contributed by atoms with Gasteiger partial charge >= 0.3 is 5.97 Å². The number of carbonyl (C=O) groups is 2. The first kappa shape index (κ1) is 27.7. The highest BCUT2D eigenvalue weighted by Gasteiger charge is 2.36. The molecule has 0 aliphatic heterocycles. The van der Waals surface area contributed by atoms with Crippen molar-refractivity contribution in [2.75, 3.05) is 17.5 Å². The molecule has 0 aromatic heterocycles. The van der Waals surface area contributed by atoms with Gasteiger partial charge in [-0.05, 0) is 53.6 Å². The van der Waals surface area contributed by atoms with Crippen molar-refractivity contribution >= 4 is 61.6 Å². The normalized spacial score (nSPS) is 12.3. The second kappa shape index (κ2) is 11.9. The van der Waals surface area contributed by atoms with Crippen LogP contribution >= 0.6 is 23.2 Å². The maximum absolute atomic E-state index is 13.8. The molecule has 192 valence electrons. The van der Waals surface area contributed by atoms with E-state index in [-0.39, 0.29) is 40.2 Å². The Balaban J connectivity index is 2.21. The Kier molecular flexibility index (Phi) is 9.19. The van der Waals surface area contributed by atoms with Crippen molar-refractivity contribution in [3.05, 3.63) is 70.2 Å². The SMILES string of the molecule is CCCCC(C(=O)O)N(c1ccc2c(C(=O)NCCO)cccc2c1)S(=O)(=O)c1cc(Cl)cc(Cl)c1. The van der Waals surface area contributed by atoms with E-state index in [1.807, 2.05) is 6.92 Å². The van der Waals surface area contributed by atoms with Crippen molar-refractivity contribution in [1.29, 1.82) is 0 Å². The van der Waals surface area contributed by atoms with Gasteiger partial charge in [0.05, 0.1) is 17.2 Å². The largest absolute Gasteiger partial charge is 0.480 e. The number of hydrogen-bond donors (Lipinski definition) is 3. The van der Waals surface area contributed by atoms with Gasteiger partial charge < -0.3 is 15.5 Å². The first-order valence-electron chi connectivity index (χ1n) is 11.2. The maximum Gasteiger partial charge on any atom is 0.327 e. The maximum atomic E-state index is 13.8. The van der Waals surface area contributed by atoms with Crippen LogP contribution in [0.3, 0.4) is 0 Å². The molecule has 11 heteroatoms. The monoisotopic (exact) mass is 552 g/mol. The number of fused-ring (bicyclic) bond motifs is 1. The van der Waals surface area contributed by atoms with Crippen molar-refractivity contribution in [2.24, 2.45) is 0 Å². The fourth-order valence-corrected chi connectivity index (χ4v) is 6.24. The molecule has 0 saturated heterocycles. The molecule has 0 aliphatic carbocycles. The molecule has 0 heterocycles. The third kappa shape index (κ3) is 6.10. The summed E-state index contributed by atoms with van der Waals surface area (Å²) in [4.78, 5) is 24.6. The van der Waals surface area contributed by atoms with E-state index < -0.39 is 27.9 Å². The molecule has 3 rings (SSSR count). The minimum atomic E-state index is -4.40. The molecule has 36 heavy (non-hydrogen) atoms. The third-order valence-corrected chi connectivity index (χ3v) is 7.80. The van der Waals surface area contributed by atoms with Gasteiger partial charge in [-0.2, -0.15) is 0 Å². The van der Waals surface area contributed by atoms with Gasteiger partial charge in [0.15, 0.2) is 0 Å². The summed E-state index contributed by atoms with van der Waals surface area (Å²) in [6.07, 6.45) is 1.24. The molecule has 0 spiro atoms. The zero-order valence-corrected chi connectivity index (χ0v) is 21.8. The Bertz CT molecular complexity index is 1360. The van der Waals surface area contributed by atoms with Crippen LogP contribution in [0.1, 0.15) is 36.5 Å². The van der Waals surface area contributed by atoms with Crippen LogP contribution in [-0.4, -0.2) is 49.7 Å². The van der Waals surface area contributed by atoms with E-state index in [0.717, 1.165) is 4.31 Å². The molecule has 3 aromatic carbocycles. The molecule has 0 saturated carbocycles. The fourth-order valence-electron chi connectivity index (χ4n) is 3.89. The number of amides is 1. The van der Waals surface area contributed by atoms with Crippen LogP contribution in [0.2, 0.25) is 10.0 Å². The average Bonchev–Trinajstić information content (AvgIpc) is 2.83. The van der Waals surface area contributed by atoms with E-state index in [1.165, 1.54) is 30.3 Å². The van der Waals surface area contributed by atoms with Gasteiger partial charge in [0.1, 0.15) is 6.04 Å². The molecule has 8 nitrogen and oxygen atoms in total. The van der Waals surface area contributed by atoms with Crippen molar-refractivity contribution in [2.45, 2.75) is 37.1 Å². The van der Waals surface area contributed by atoms with E-state index in [0.29, 0.717) is 29.2 Å². The van der Waals surface area contributed by atoms with Gasteiger partial charge in [0.2, 0.25) is 0 Å². The molecule has 0 radical (unpaired) electrons. The van der Waals surface area contributed by atoms with Crippen molar-refractivity contribution in [3.8, 4) is 0 Å². The molecule has 0 aliphatic rings.